The van der Waals surface area contributed by atoms with E-state index >= 15 is 0 Å². The molecule has 0 heterocycles. The molecule has 3 heteroatoms. The summed E-state index contributed by atoms with van der Waals surface area (Å²) in [7, 11) is 0. The molecule has 0 saturated heterocycles. The summed E-state index contributed by atoms with van der Waals surface area (Å²) in [6, 6.07) is 9.12. The van der Waals surface area contributed by atoms with Crippen LogP contribution in [0.5, 0.6) is 0 Å². The molecular formula is C10H14N2O. The van der Waals surface area contributed by atoms with Crippen LogP contribution in [-0.2, 0) is 0 Å². The van der Waals surface area contributed by atoms with Crippen molar-refractivity contribution >= 4 is 5.91 Å². The van der Waals surface area contributed by atoms with Crippen molar-refractivity contribution in [3.8, 4) is 0 Å². The van der Waals surface area contributed by atoms with Crippen molar-refractivity contribution in [2.45, 2.75) is 13.0 Å². The highest BCUT2D eigenvalue weighted by Crippen LogP contribution is 1.98. The van der Waals surface area contributed by atoms with E-state index in [9.17, 15) is 4.79 Å². The fraction of sp³-hybridized carbons (Fsp3) is 0.300. The van der Waals surface area contributed by atoms with Crippen molar-refractivity contribution < 1.29 is 4.79 Å². The molecule has 0 bridgehead atoms. The molecular weight excluding hydrogens is 164 g/mol. The second kappa shape index (κ2) is 4.62. The Balaban J connectivity index is 2.59. The highest BCUT2D eigenvalue weighted by atomic mass is 16.1. The van der Waals surface area contributed by atoms with Crippen LogP contribution < -0.4 is 11.1 Å². The molecule has 1 aromatic rings. The molecule has 13 heavy (non-hydrogen) atoms. The van der Waals surface area contributed by atoms with Crippen molar-refractivity contribution in [1.29, 1.82) is 0 Å². The van der Waals surface area contributed by atoms with E-state index in [1.165, 1.54) is 0 Å². The smallest absolute Gasteiger partial charge is 0.251 e. The predicted molar refractivity (Wildman–Crippen MR) is 52.4 cm³/mol. The van der Waals surface area contributed by atoms with Gasteiger partial charge in [-0.25, -0.2) is 0 Å². The molecule has 0 aromatic heterocycles. The van der Waals surface area contributed by atoms with Crippen LogP contribution in [0.1, 0.15) is 17.3 Å². The Labute approximate surface area is 77.9 Å². The molecule has 70 valence electrons. The second-order valence-electron chi connectivity index (χ2n) is 2.98. The molecule has 3 N–H and O–H groups in total. The van der Waals surface area contributed by atoms with Crippen molar-refractivity contribution in [2.24, 2.45) is 5.73 Å². The van der Waals surface area contributed by atoms with E-state index in [0.717, 1.165) is 0 Å². The van der Waals surface area contributed by atoms with Gasteiger partial charge in [0.15, 0.2) is 0 Å². The van der Waals surface area contributed by atoms with E-state index in [-0.39, 0.29) is 11.9 Å². The first-order valence-corrected chi connectivity index (χ1v) is 4.30. The van der Waals surface area contributed by atoms with Crippen molar-refractivity contribution in [1.82, 2.24) is 5.32 Å². The van der Waals surface area contributed by atoms with Gasteiger partial charge in [-0.3, -0.25) is 4.79 Å². The van der Waals surface area contributed by atoms with E-state index in [1.54, 1.807) is 12.1 Å². The van der Waals surface area contributed by atoms with Gasteiger partial charge < -0.3 is 11.1 Å². The first kappa shape index (κ1) is 9.74. The Hall–Kier alpha value is -1.35. The van der Waals surface area contributed by atoms with Crippen LogP contribution in [0.4, 0.5) is 0 Å². The lowest BCUT2D eigenvalue weighted by Crippen LogP contribution is -2.37. The number of hydrogen-bond acceptors (Lipinski definition) is 2. The number of nitrogens with one attached hydrogen (secondary N) is 1. The van der Waals surface area contributed by atoms with Gasteiger partial charge in [-0.2, -0.15) is 0 Å². The summed E-state index contributed by atoms with van der Waals surface area (Å²) in [6.07, 6.45) is 0. The van der Waals surface area contributed by atoms with Crippen LogP contribution >= 0.6 is 0 Å². The normalized spacial score (nSPS) is 12.2. The summed E-state index contributed by atoms with van der Waals surface area (Å²) < 4.78 is 0. The zero-order valence-corrected chi connectivity index (χ0v) is 7.66. The molecule has 3 nitrogen and oxygen atoms in total. The topological polar surface area (TPSA) is 55.1 Å². The standard InChI is InChI=1S/C10H14N2O/c1-8(7-11)12-10(13)9-5-3-2-4-6-9/h2-6,8H,7,11H2,1H3,(H,12,13)/t8-/m0/s1. The Bertz CT molecular complexity index is 272. The third kappa shape index (κ3) is 2.87. The summed E-state index contributed by atoms with van der Waals surface area (Å²) in [5, 5.41) is 2.78. The third-order valence-corrected chi connectivity index (χ3v) is 1.77. The number of carbonyl (C=O) groups excluding carboxylic acids is 1. The first-order valence-electron chi connectivity index (χ1n) is 4.30. The second-order valence-corrected chi connectivity index (χ2v) is 2.98. The summed E-state index contributed by atoms with van der Waals surface area (Å²) in [6.45, 7) is 2.33. The highest BCUT2D eigenvalue weighted by Gasteiger charge is 2.06. The number of rotatable bonds is 3. The number of amides is 1. The van der Waals surface area contributed by atoms with E-state index in [1.807, 2.05) is 25.1 Å². The quantitative estimate of drug-likeness (QED) is 0.718. The zero-order chi connectivity index (χ0) is 9.68. The summed E-state index contributed by atoms with van der Waals surface area (Å²) in [5.41, 5.74) is 6.05. The summed E-state index contributed by atoms with van der Waals surface area (Å²) in [5.74, 6) is -0.0708. The van der Waals surface area contributed by atoms with Gasteiger partial charge in [-0.15, -0.1) is 0 Å². The largest absolute Gasteiger partial charge is 0.348 e. The number of hydrogen-bond donors (Lipinski definition) is 2. The minimum absolute atomic E-state index is 0.0210. The van der Waals surface area contributed by atoms with Crippen LogP contribution in [-0.4, -0.2) is 18.5 Å². The molecule has 0 unspecified atom stereocenters. The van der Waals surface area contributed by atoms with Gasteiger partial charge in [0, 0.05) is 18.2 Å². The van der Waals surface area contributed by atoms with Gasteiger partial charge in [0.1, 0.15) is 0 Å². The molecule has 1 amide bonds. The molecule has 1 atom stereocenters. The average molecular weight is 178 g/mol. The summed E-state index contributed by atoms with van der Waals surface area (Å²) >= 11 is 0. The lowest BCUT2D eigenvalue weighted by Gasteiger charge is -2.10. The Kier molecular flexibility index (Phi) is 3.46. The number of benzene rings is 1. The molecule has 1 rings (SSSR count). The Morgan fingerprint density at radius 2 is 2.08 bits per heavy atom. The Morgan fingerprint density at radius 1 is 1.46 bits per heavy atom. The molecule has 0 fully saturated rings. The third-order valence-electron chi connectivity index (χ3n) is 1.77. The van der Waals surface area contributed by atoms with Gasteiger partial charge in [-0.05, 0) is 19.1 Å². The van der Waals surface area contributed by atoms with Crippen molar-refractivity contribution in [3.05, 3.63) is 35.9 Å². The Morgan fingerprint density at radius 3 is 2.62 bits per heavy atom. The lowest BCUT2D eigenvalue weighted by molar-refractivity contribution is 0.0941. The molecule has 0 saturated carbocycles. The fourth-order valence-electron chi connectivity index (χ4n) is 0.956. The SMILES string of the molecule is C[C@@H](CN)NC(=O)c1ccccc1. The van der Waals surface area contributed by atoms with Crippen molar-refractivity contribution in [3.63, 3.8) is 0 Å². The first-order chi connectivity index (χ1) is 6.24. The number of carbonyl (C=O) groups is 1. The van der Waals surface area contributed by atoms with E-state index in [0.29, 0.717) is 12.1 Å². The average Bonchev–Trinajstić information content (AvgIpc) is 2.19. The minimum Gasteiger partial charge on any atom is -0.348 e. The molecule has 1 aromatic carbocycles. The minimum atomic E-state index is -0.0708. The van der Waals surface area contributed by atoms with Gasteiger partial charge in [0.25, 0.3) is 5.91 Å². The molecule has 0 aliphatic heterocycles. The fourth-order valence-corrected chi connectivity index (χ4v) is 0.956. The van der Waals surface area contributed by atoms with E-state index < -0.39 is 0 Å². The maximum Gasteiger partial charge on any atom is 0.251 e. The predicted octanol–water partition coefficient (Wildman–Crippen LogP) is 0.764. The van der Waals surface area contributed by atoms with Gasteiger partial charge in [0.05, 0.1) is 0 Å². The lowest BCUT2D eigenvalue weighted by atomic mass is 10.2. The summed E-state index contributed by atoms with van der Waals surface area (Å²) in [4.78, 5) is 11.4. The monoisotopic (exact) mass is 178 g/mol. The van der Waals surface area contributed by atoms with Gasteiger partial charge in [0.2, 0.25) is 0 Å². The molecule has 0 aliphatic rings. The molecule has 0 radical (unpaired) electrons. The van der Waals surface area contributed by atoms with Gasteiger partial charge >= 0.3 is 0 Å². The number of nitrogens with two attached hydrogens (primary N) is 1. The maximum absolute atomic E-state index is 11.4. The zero-order valence-electron chi connectivity index (χ0n) is 7.66. The maximum atomic E-state index is 11.4. The van der Waals surface area contributed by atoms with Crippen LogP contribution in [0.2, 0.25) is 0 Å². The molecule has 0 spiro atoms. The van der Waals surface area contributed by atoms with Crippen LogP contribution in [0.3, 0.4) is 0 Å². The van der Waals surface area contributed by atoms with Crippen LogP contribution in [0.15, 0.2) is 30.3 Å². The highest BCUT2D eigenvalue weighted by molar-refractivity contribution is 5.94. The van der Waals surface area contributed by atoms with Gasteiger partial charge in [-0.1, -0.05) is 18.2 Å². The van der Waals surface area contributed by atoms with Crippen LogP contribution in [0, 0.1) is 0 Å². The van der Waals surface area contributed by atoms with E-state index in [2.05, 4.69) is 5.32 Å². The van der Waals surface area contributed by atoms with Crippen LogP contribution in [0.25, 0.3) is 0 Å². The van der Waals surface area contributed by atoms with E-state index in [4.69, 9.17) is 5.73 Å². The van der Waals surface area contributed by atoms with Crippen molar-refractivity contribution in [2.75, 3.05) is 6.54 Å². The molecule has 0 aliphatic carbocycles.